The van der Waals surface area contributed by atoms with Gasteiger partial charge in [0.2, 0.25) is 10.0 Å². The second-order valence-corrected chi connectivity index (χ2v) is 6.66. The number of hydrogen-bond acceptors (Lipinski definition) is 5. The maximum absolute atomic E-state index is 12.4. The van der Waals surface area contributed by atoms with E-state index in [1.807, 2.05) is 0 Å². The zero-order valence-corrected chi connectivity index (χ0v) is 12.1. The van der Waals surface area contributed by atoms with E-state index in [1.165, 1.54) is 27.7 Å². The Balaban J connectivity index is 1.83. The van der Waals surface area contributed by atoms with Crippen molar-refractivity contribution in [2.24, 2.45) is 5.10 Å². The Labute approximate surface area is 122 Å². The van der Waals surface area contributed by atoms with Gasteiger partial charge in [-0.25, -0.2) is 13.4 Å². The summed E-state index contributed by atoms with van der Waals surface area (Å²) in [6.07, 6.45) is 1.80. The molecule has 7 nitrogen and oxygen atoms in total. The van der Waals surface area contributed by atoms with Gasteiger partial charge in [0.15, 0.2) is 0 Å². The monoisotopic (exact) mass is 309 g/mol. The van der Waals surface area contributed by atoms with E-state index >= 15 is 0 Å². The Morgan fingerprint density at radius 2 is 1.76 bits per heavy atom. The van der Waals surface area contributed by atoms with Crippen molar-refractivity contribution >= 4 is 27.8 Å². The van der Waals surface area contributed by atoms with Gasteiger partial charge in [-0.3, -0.25) is 4.79 Å². The number of carbonyl (C=O) groups excluding carboxylic acids is 1. The van der Waals surface area contributed by atoms with Crippen molar-refractivity contribution in [3.8, 4) is 0 Å². The molecule has 0 spiro atoms. The Morgan fingerprint density at radius 3 is 2.33 bits per heavy atom. The molecule has 3 rings (SSSR count). The number of anilines is 1. The van der Waals surface area contributed by atoms with Gasteiger partial charge in [0, 0.05) is 19.3 Å². The van der Waals surface area contributed by atoms with Gasteiger partial charge in [-0.2, -0.15) is 9.41 Å². The first kappa shape index (κ1) is 14.2. The molecule has 0 bridgehead atoms. The minimum atomic E-state index is -3.50. The van der Waals surface area contributed by atoms with E-state index < -0.39 is 10.0 Å². The summed E-state index contributed by atoms with van der Waals surface area (Å²) in [5.41, 5.74) is 0.565. The smallest absolute Gasteiger partial charge is 0.252 e. The SMILES string of the molecule is O=C1CC=NN1c1ccc(S(=O)(=O)N2CCOCC2)cc1. The third kappa shape index (κ3) is 2.69. The zero-order valence-electron chi connectivity index (χ0n) is 11.3. The molecule has 0 N–H and O–H groups in total. The van der Waals surface area contributed by atoms with E-state index in [4.69, 9.17) is 4.74 Å². The lowest BCUT2D eigenvalue weighted by Crippen LogP contribution is -2.40. The molecule has 1 saturated heterocycles. The molecule has 112 valence electrons. The molecule has 1 aromatic rings. The van der Waals surface area contributed by atoms with Crippen molar-refractivity contribution in [3.05, 3.63) is 24.3 Å². The second kappa shape index (κ2) is 5.55. The predicted octanol–water partition coefficient (Wildman–Crippen LogP) is 0.430. The number of morpholine rings is 1. The summed E-state index contributed by atoms with van der Waals surface area (Å²) in [7, 11) is -3.50. The molecule has 0 atom stereocenters. The first-order valence-corrected chi connectivity index (χ1v) is 8.06. The molecule has 8 heteroatoms. The normalized spacial score (nSPS) is 20.2. The lowest BCUT2D eigenvalue weighted by molar-refractivity contribution is -0.116. The van der Waals surface area contributed by atoms with Crippen molar-refractivity contribution in [2.45, 2.75) is 11.3 Å². The molecule has 1 fully saturated rings. The van der Waals surface area contributed by atoms with Crippen LogP contribution in [0.1, 0.15) is 6.42 Å². The van der Waals surface area contributed by atoms with E-state index in [0.29, 0.717) is 32.0 Å². The van der Waals surface area contributed by atoms with Gasteiger partial charge in [-0.15, -0.1) is 0 Å². The molecular weight excluding hydrogens is 294 g/mol. The van der Waals surface area contributed by atoms with Gasteiger partial charge in [0.05, 0.1) is 30.2 Å². The van der Waals surface area contributed by atoms with Crippen LogP contribution in [0.25, 0.3) is 0 Å². The van der Waals surface area contributed by atoms with Crippen LogP contribution in [0.5, 0.6) is 0 Å². The second-order valence-electron chi connectivity index (χ2n) is 4.72. The van der Waals surface area contributed by atoms with Crippen LogP contribution >= 0.6 is 0 Å². The highest BCUT2D eigenvalue weighted by atomic mass is 32.2. The highest BCUT2D eigenvalue weighted by Gasteiger charge is 2.26. The van der Waals surface area contributed by atoms with Crippen LogP contribution in [0.4, 0.5) is 5.69 Å². The Morgan fingerprint density at radius 1 is 1.10 bits per heavy atom. The summed E-state index contributed by atoms with van der Waals surface area (Å²) < 4.78 is 31.5. The molecule has 21 heavy (non-hydrogen) atoms. The summed E-state index contributed by atoms with van der Waals surface area (Å²) in [5, 5.41) is 5.22. The van der Waals surface area contributed by atoms with E-state index in [-0.39, 0.29) is 17.2 Å². The van der Waals surface area contributed by atoms with Crippen molar-refractivity contribution in [1.29, 1.82) is 0 Å². The first-order chi connectivity index (χ1) is 10.1. The molecule has 1 aromatic carbocycles. The molecule has 0 aliphatic carbocycles. The van der Waals surface area contributed by atoms with Gasteiger partial charge in [0.1, 0.15) is 0 Å². The van der Waals surface area contributed by atoms with Crippen LogP contribution in [0.2, 0.25) is 0 Å². The summed E-state index contributed by atoms with van der Waals surface area (Å²) in [4.78, 5) is 11.8. The third-order valence-corrected chi connectivity index (χ3v) is 5.30. The summed E-state index contributed by atoms with van der Waals surface area (Å²) in [5.74, 6) is -0.126. The van der Waals surface area contributed by atoms with Gasteiger partial charge in [0.25, 0.3) is 5.91 Å². The molecule has 0 radical (unpaired) electrons. The van der Waals surface area contributed by atoms with Crippen molar-refractivity contribution in [2.75, 3.05) is 31.3 Å². The van der Waals surface area contributed by atoms with Crippen LogP contribution in [0.15, 0.2) is 34.3 Å². The fourth-order valence-electron chi connectivity index (χ4n) is 2.26. The number of hydrazone groups is 1. The molecule has 0 aromatic heterocycles. The Bertz CT molecular complexity index is 663. The van der Waals surface area contributed by atoms with Crippen molar-refractivity contribution in [1.82, 2.24) is 4.31 Å². The molecule has 0 unspecified atom stereocenters. The first-order valence-electron chi connectivity index (χ1n) is 6.62. The van der Waals surface area contributed by atoms with E-state index in [0.717, 1.165) is 0 Å². The van der Waals surface area contributed by atoms with Gasteiger partial charge in [-0.1, -0.05) is 0 Å². The molecule has 0 saturated carbocycles. The van der Waals surface area contributed by atoms with Crippen LogP contribution in [-0.4, -0.2) is 51.1 Å². The third-order valence-electron chi connectivity index (χ3n) is 3.39. The maximum atomic E-state index is 12.4. The maximum Gasteiger partial charge on any atom is 0.252 e. The van der Waals surface area contributed by atoms with Gasteiger partial charge < -0.3 is 4.74 Å². The number of ether oxygens (including phenoxy) is 1. The Kier molecular flexibility index (Phi) is 3.75. The average molecular weight is 309 g/mol. The predicted molar refractivity (Wildman–Crippen MR) is 76.6 cm³/mol. The van der Waals surface area contributed by atoms with Gasteiger partial charge >= 0.3 is 0 Å². The number of nitrogens with zero attached hydrogens (tertiary/aromatic N) is 3. The number of sulfonamides is 1. The fraction of sp³-hybridized carbons (Fsp3) is 0.385. The highest BCUT2D eigenvalue weighted by molar-refractivity contribution is 7.89. The molecule has 2 aliphatic heterocycles. The molecule has 2 aliphatic rings. The van der Waals surface area contributed by atoms with E-state index in [2.05, 4.69) is 5.10 Å². The van der Waals surface area contributed by atoms with Crippen LogP contribution in [0, 0.1) is 0 Å². The quantitative estimate of drug-likeness (QED) is 0.811. The molecule has 1 amide bonds. The minimum absolute atomic E-state index is 0.126. The number of rotatable bonds is 3. The van der Waals surface area contributed by atoms with Crippen LogP contribution < -0.4 is 5.01 Å². The average Bonchev–Trinajstić information content (AvgIpc) is 2.94. The van der Waals surface area contributed by atoms with Crippen LogP contribution in [0.3, 0.4) is 0 Å². The highest BCUT2D eigenvalue weighted by Crippen LogP contribution is 2.23. The summed E-state index contributed by atoms with van der Waals surface area (Å²) >= 11 is 0. The van der Waals surface area contributed by atoms with Crippen LogP contribution in [-0.2, 0) is 19.6 Å². The number of carbonyl (C=O) groups is 1. The Hall–Kier alpha value is -1.77. The van der Waals surface area contributed by atoms with E-state index in [9.17, 15) is 13.2 Å². The molecular formula is C13H15N3O4S. The topological polar surface area (TPSA) is 79.3 Å². The van der Waals surface area contributed by atoms with Crippen molar-refractivity contribution in [3.63, 3.8) is 0 Å². The summed E-state index contributed by atoms with van der Waals surface area (Å²) in [6, 6.07) is 6.18. The zero-order chi connectivity index (χ0) is 14.9. The standard InChI is InChI=1S/C13H15N3O4S/c17-13-5-6-14-16(13)11-1-3-12(4-2-11)21(18,19)15-7-9-20-10-8-15/h1-4,6H,5,7-10H2. The molecule has 2 heterocycles. The van der Waals surface area contributed by atoms with Crippen molar-refractivity contribution < 1.29 is 17.9 Å². The lowest BCUT2D eigenvalue weighted by atomic mass is 10.3. The minimum Gasteiger partial charge on any atom is -0.379 e. The number of benzene rings is 1. The lowest BCUT2D eigenvalue weighted by Gasteiger charge is -2.26. The number of amides is 1. The number of hydrogen-bond donors (Lipinski definition) is 0. The van der Waals surface area contributed by atoms with E-state index in [1.54, 1.807) is 12.1 Å². The van der Waals surface area contributed by atoms with Gasteiger partial charge in [-0.05, 0) is 24.3 Å². The summed E-state index contributed by atoms with van der Waals surface area (Å²) in [6.45, 7) is 1.54. The fourth-order valence-corrected chi connectivity index (χ4v) is 3.67. The largest absolute Gasteiger partial charge is 0.379 e.